The number of hydrogen-bond acceptors (Lipinski definition) is 5. The van der Waals surface area contributed by atoms with Gasteiger partial charge in [-0.2, -0.15) is 0 Å². The Hall–Kier alpha value is -0.980. The van der Waals surface area contributed by atoms with Crippen LogP contribution >= 0.6 is 0 Å². The molecule has 2 heterocycles. The van der Waals surface area contributed by atoms with Crippen molar-refractivity contribution in [3.63, 3.8) is 0 Å². The molecular weight excluding hydrogens is 428 g/mol. The Morgan fingerprint density at radius 3 is 2.21 bits per heavy atom. The zero-order valence-corrected chi connectivity index (χ0v) is 21.8. The molecule has 194 valence electrons. The number of epoxide rings is 2. The molecule has 5 nitrogen and oxygen atoms in total. The lowest BCUT2D eigenvalue weighted by Crippen LogP contribution is -2.18. The Balaban J connectivity index is 1.28. The van der Waals surface area contributed by atoms with E-state index in [1.807, 2.05) is 13.8 Å². The van der Waals surface area contributed by atoms with Gasteiger partial charge >= 0.3 is 0 Å². The number of rotatable bonds is 21. The molecule has 2 aliphatic heterocycles. The molecule has 0 saturated carbocycles. The van der Waals surface area contributed by atoms with E-state index in [2.05, 4.69) is 37.3 Å². The molecule has 1 aromatic rings. The standard InChI is InChI=1S/C29H48O5/c1-4-6-7-8-9-13-20-31-25(21-24-14-11-10-12-15-24)16-17-26-27(33-26)18-19-28-29(34-28)22-32-23(3)30-5-2/h10-12,14-15,23,25-29H,4-9,13,16-22H2,1-3H3/t23?,25?,26-,27-,28+,29+/m1/s1. The van der Waals surface area contributed by atoms with E-state index in [0.29, 0.717) is 31.5 Å². The van der Waals surface area contributed by atoms with Crippen molar-refractivity contribution >= 4 is 0 Å². The maximum absolute atomic E-state index is 6.35. The minimum Gasteiger partial charge on any atom is -0.378 e. The Kier molecular flexibility index (Phi) is 12.9. The van der Waals surface area contributed by atoms with Gasteiger partial charge in [-0.15, -0.1) is 0 Å². The van der Waals surface area contributed by atoms with Gasteiger partial charge in [0, 0.05) is 13.2 Å². The highest BCUT2D eigenvalue weighted by atomic mass is 16.7. The van der Waals surface area contributed by atoms with Crippen LogP contribution in [0.2, 0.25) is 0 Å². The molecule has 2 unspecified atom stereocenters. The number of benzene rings is 1. The summed E-state index contributed by atoms with van der Waals surface area (Å²) in [4.78, 5) is 0. The Morgan fingerprint density at radius 1 is 0.765 bits per heavy atom. The summed E-state index contributed by atoms with van der Waals surface area (Å²) in [6.07, 6.45) is 14.5. The lowest BCUT2D eigenvalue weighted by molar-refractivity contribution is -0.129. The van der Waals surface area contributed by atoms with Crippen LogP contribution in [0.5, 0.6) is 0 Å². The van der Waals surface area contributed by atoms with Crippen LogP contribution in [-0.2, 0) is 30.1 Å². The fraction of sp³-hybridized carbons (Fsp3) is 0.793. The molecule has 0 spiro atoms. The van der Waals surface area contributed by atoms with Crippen molar-refractivity contribution in [3.8, 4) is 0 Å². The largest absolute Gasteiger partial charge is 0.378 e. The van der Waals surface area contributed by atoms with Crippen LogP contribution < -0.4 is 0 Å². The van der Waals surface area contributed by atoms with Gasteiger partial charge in [0.25, 0.3) is 0 Å². The molecule has 0 bridgehead atoms. The summed E-state index contributed by atoms with van der Waals surface area (Å²) in [7, 11) is 0. The molecule has 3 rings (SSSR count). The van der Waals surface area contributed by atoms with E-state index in [-0.39, 0.29) is 18.5 Å². The van der Waals surface area contributed by atoms with Crippen LogP contribution in [0.25, 0.3) is 0 Å². The normalized spacial score (nSPS) is 25.3. The van der Waals surface area contributed by atoms with Crippen molar-refractivity contribution in [1.82, 2.24) is 0 Å². The van der Waals surface area contributed by atoms with Gasteiger partial charge in [0.1, 0.15) is 6.10 Å². The summed E-state index contributed by atoms with van der Waals surface area (Å²) in [5.74, 6) is 0. The highest BCUT2D eigenvalue weighted by Gasteiger charge is 2.43. The van der Waals surface area contributed by atoms with Crippen molar-refractivity contribution in [3.05, 3.63) is 35.9 Å². The maximum Gasteiger partial charge on any atom is 0.154 e. The van der Waals surface area contributed by atoms with Crippen LogP contribution in [0.3, 0.4) is 0 Å². The topological polar surface area (TPSA) is 52.8 Å². The number of unbranched alkanes of at least 4 members (excludes halogenated alkanes) is 5. The third kappa shape index (κ3) is 11.2. The maximum atomic E-state index is 6.35. The molecular formula is C29H48O5. The summed E-state index contributed by atoms with van der Waals surface area (Å²) in [5, 5.41) is 0. The summed E-state index contributed by atoms with van der Waals surface area (Å²) in [6, 6.07) is 10.7. The van der Waals surface area contributed by atoms with Gasteiger partial charge in [-0.25, -0.2) is 0 Å². The molecule has 1 aromatic carbocycles. The first kappa shape index (κ1) is 27.6. The fourth-order valence-electron chi connectivity index (χ4n) is 4.71. The zero-order chi connectivity index (χ0) is 24.0. The van der Waals surface area contributed by atoms with Gasteiger partial charge in [0.05, 0.1) is 31.0 Å². The Labute approximate surface area is 207 Å². The van der Waals surface area contributed by atoms with Crippen molar-refractivity contribution in [2.45, 2.75) is 128 Å². The second kappa shape index (κ2) is 15.9. The smallest absolute Gasteiger partial charge is 0.154 e. The lowest BCUT2D eigenvalue weighted by atomic mass is 10.0. The third-order valence-corrected chi connectivity index (χ3v) is 6.94. The fourth-order valence-corrected chi connectivity index (χ4v) is 4.71. The first-order valence-corrected chi connectivity index (χ1v) is 13.9. The van der Waals surface area contributed by atoms with E-state index in [1.54, 1.807) is 0 Å². The van der Waals surface area contributed by atoms with E-state index in [9.17, 15) is 0 Å². The quantitative estimate of drug-likeness (QED) is 0.116. The van der Waals surface area contributed by atoms with Crippen LogP contribution in [-0.4, -0.2) is 56.6 Å². The highest BCUT2D eigenvalue weighted by molar-refractivity contribution is 5.15. The van der Waals surface area contributed by atoms with Gasteiger partial charge in [-0.1, -0.05) is 69.4 Å². The minimum absolute atomic E-state index is 0.155. The number of hydrogen-bond donors (Lipinski definition) is 0. The molecule has 2 fully saturated rings. The average Bonchev–Trinajstić information content (AvgIpc) is 3.76. The van der Waals surface area contributed by atoms with Gasteiger partial charge in [0.2, 0.25) is 0 Å². The van der Waals surface area contributed by atoms with E-state index in [4.69, 9.17) is 23.7 Å². The lowest BCUT2D eigenvalue weighted by Gasteiger charge is -2.18. The molecule has 0 N–H and O–H groups in total. The third-order valence-electron chi connectivity index (χ3n) is 6.94. The monoisotopic (exact) mass is 476 g/mol. The van der Waals surface area contributed by atoms with Gasteiger partial charge < -0.3 is 23.7 Å². The van der Waals surface area contributed by atoms with Gasteiger partial charge in [-0.3, -0.25) is 0 Å². The second-order valence-electron chi connectivity index (χ2n) is 9.89. The van der Waals surface area contributed by atoms with Crippen molar-refractivity contribution < 1.29 is 23.7 Å². The molecule has 6 atom stereocenters. The zero-order valence-electron chi connectivity index (χ0n) is 21.8. The summed E-state index contributed by atoms with van der Waals surface area (Å²) in [5.41, 5.74) is 1.36. The summed E-state index contributed by atoms with van der Waals surface area (Å²) >= 11 is 0. The second-order valence-corrected chi connectivity index (χ2v) is 9.89. The molecule has 2 aliphatic rings. The van der Waals surface area contributed by atoms with Crippen LogP contribution in [0.4, 0.5) is 0 Å². The van der Waals surface area contributed by atoms with E-state index in [0.717, 1.165) is 38.7 Å². The summed E-state index contributed by atoms with van der Waals surface area (Å²) < 4.78 is 29.2. The average molecular weight is 477 g/mol. The van der Waals surface area contributed by atoms with E-state index in [1.165, 1.54) is 44.1 Å². The minimum atomic E-state index is -0.155. The molecule has 2 saturated heterocycles. The van der Waals surface area contributed by atoms with Crippen molar-refractivity contribution in [2.75, 3.05) is 19.8 Å². The van der Waals surface area contributed by atoms with Crippen LogP contribution in [0, 0.1) is 0 Å². The molecule has 0 amide bonds. The van der Waals surface area contributed by atoms with Crippen LogP contribution in [0.1, 0.15) is 90.5 Å². The van der Waals surface area contributed by atoms with Gasteiger partial charge in [0.15, 0.2) is 6.29 Å². The Bertz CT molecular complexity index is 639. The molecule has 5 heteroatoms. The first-order chi connectivity index (χ1) is 16.7. The molecule has 0 aromatic heterocycles. The molecule has 0 radical (unpaired) electrons. The van der Waals surface area contributed by atoms with Crippen molar-refractivity contribution in [1.29, 1.82) is 0 Å². The molecule has 0 aliphatic carbocycles. The van der Waals surface area contributed by atoms with E-state index >= 15 is 0 Å². The molecule has 34 heavy (non-hydrogen) atoms. The van der Waals surface area contributed by atoms with Gasteiger partial charge in [-0.05, 0) is 57.9 Å². The predicted octanol–water partition coefficient (Wildman–Crippen LogP) is 6.47. The first-order valence-electron chi connectivity index (χ1n) is 13.9. The highest BCUT2D eigenvalue weighted by Crippen LogP contribution is 2.35. The van der Waals surface area contributed by atoms with E-state index < -0.39 is 0 Å². The van der Waals surface area contributed by atoms with Crippen LogP contribution in [0.15, 0.2) is 30.3 Å². The SMILES string of the molecule is CCCCCCCCOC(CC[C@H]1O[C@@H]1CC[C@@H]1O[C@H]1COC(C)OCC)Cc1ccccc1. The Morgan fingerprint density at radius 2 is 1.44 bits per heavy atom. The predicted molar refractivity (Wildman–Crippen MR) is 136 cm³/mol. The number of ether oxygens (including phenoxy) is 5. The summed E-state index contributed by atoms with van der Waals surface area (Å²) in [6.45, 7) is 8.36. The van der Waals surface area contributed by atoms with Crippen molar-refractivity contribution in [2.24, 2.45) is 0 Å².